The van der Waals surface area contributed by atoms with Gasteiger partial charge in [0, 0.05) is 19.4 Å². The number of carbonyl (C=O) groups excluding carboxylic acids is 2. The van der Waals surface area contributed by atoms with E-state index < -0.39 is 0 Å². The topological polar surface area (TPSA) is 76.1 Å². The molecule has 0 heterocycles. The second kappa shape index (κ2) is 42.7. The van der Waals surface area contributed by atoms with E-state index in [9.17, 15) is 14.7 Å². The quantitative estimate of drug-likeness (QED) is 0.0379. The Bertz CT molecular complexity index is 830. The van der Waals surface area contributed by atoms with Crippen LogP contribution in [0.3, 0.4) is 0 Å². The van der Waals surface area contributed by atoms with Crippen LogP contribution in [0, 0.1) is 5.92 Å². The third-order valence-corrected chi connectivity index (χ3v) is 11.1. The fourth-order valence-corrected chi connectivity index (χ4v) is 7.37. The van der Waals surface area contributed by atoms with Gasteiger partial charge in [-0.1, -0.05) is 156 Å². The van der Waals surface area contributed by atoms with Gasteiger partial charge in [-0.15, -0.1) is 0 Å². The second-order valence-electron chi connectivity index (χ2n) is 16.4. The van der Waals surface area contributed by atoms with E-state index in [1.165, 1.54) is 147 Å². The van der Waals surface area contributed by atoms with Crippen LogP contribution in [0.15, 0.2) is 11.8 Å². The van der Waals surface area contributed by atoms with Gasteiger partial charge < -0.3 is 19.5 Å². The second-order valence-corrected chi connectivity index (χ2v) is 16.4. The van der Waals surface area contributed by atoms with E-state index in [-0.39, 0.29) is 18.5 Å². The molecule has 0 aliphatic carbocycles. The van der Waals surface area contributed by atoms with Crippen LogP contribution in [0.25, 0.3) is 0 Å². The number of carbonyl (C=O) groups is 2. The van der Waals surface area contributed by atoms with Crippen LogP contribution in [0.4, 0.5) is 0 Å². The first-order chi connectivity index (χ1) is 26.5. The Morgan fingerprint density at radius 1 is 0.481 bits per heavy atom. The maximum atomic E-state index is 12.6. The monoisotopic (exact) mass is 764 g/mol. The highest BCUT2D eigenvalue weighted by atomic mass is 16.5. The SMILES string of the molecule is CCCCCCCC/C(=C/OC(=O)CCCCCN(CCCCO)CCCCCC(=O)OCC(CCCCCC)CCCCCCCC)CCCCCC. The molecule has 0 saturated heterocycles. The molecule has 0 saturated carbocycles. The molecule has 1 unspecified atom stereocenters. The summed E-state index contributed by atoms with van der Waals surface area (Å²) in [6.45, 7) is 12.9. The molecule has 54 heavy (non-hydrogen) atoms. The summed E-state index contributed by atoms with van der Waals surface area (Å²) >= 11 is 0. The minimum atomic E-state index is -0.0948. The molecular formula is C48H93NO5. The first kappa shape index (κ1) is 52.6. The molecule has 0 aromatic heterocycles. The van der Waals surface area contributed by atoms with Gasteiger partial charge in [0.1, 0.15) is 0 Å². The summed E-state index contributed by atoms with van der Waals surface area (Å²) in [5, 5.41) is 9.31. The lowest BCUT2D eigenvalue weighted by Crippen LogP contribution is -2.27. The zero-order chi connectivity index (χ0) is 39.6. The molecule has 0 aliphatic rings. The van der Waals surface area contributed by atoms with Gasteiger partial charge in [0.2, 0.25) is 0 Å². The van der Waals surface area contributed by atoms with E-state index >= 15 is 0 Å². The lowest BCUT2D eigenvalue weighted by Gasteiger charge is -2.22. The zero-order valence-corrected chi connectivity index (χ0v) is 36.8. The Kier molecular flexibility index (Phi) is 41.6. The number of ether oxygens (including phenoxy) is 2. The Morgan fingerprint density at radius 2 is 0.870 bits per heavy atom. The van der Waals surface area contributed by atoms with Crippen molar-refractivity contribution in [2.24, 2.45) is 5.92 Å². The number of hydrogen-bond donors (Lipinski definition) is 1. The van der Waals surface area contributed by atoms with Crippen LogP contribution in [-0.2, 0) is 19.1 Å². The fourth-order valence-electron chi connectivity index (χ4n) is 7.37. The molecule has 1 atom stereocenters. The summed E-state index contributed by atoms with van der Waals surface area (Å²) in [5.74, 6) is 0.401. The Morgan fingerprint density at radius 3 is 1.39 bits per heavy atom. The third-order valence-electron chi connectivity index (χ3n) is 11.1. The van der Waals surface area contributed by atoms with Gasteiger partial charge in [0.05, 0.1) is 12.9 Å². The number of aliphatic hydroxyl groups excluding tert-OH is 1. The number of unbranched alkanes of at least 4 members (excludes halogenated alkanes) is 21. The van der Waals surface area contributed by atoms with Crippen molar-refractivity contribution in [3.63, 3.8) is 0 Å². The van der Waals surface area contributed by atoms with Gasteiger partial charge in [0.25, 0.3) is 0 Å². The summed E-state index contributed by atoms with van der Waals surface area (Å²) in [7, 11) is 0. The van der Waals surface area contributed by atoms with E-state index in [2.05, 4.69) is 32.6 Å². The highest BCUT2D eigenvalue weighted by Crippen LogP contribution is 2.21. The molecule has 6 heteroatoms. The van der Waals surface area contributed by atoms with Crippen molar-refractivity contribution in [1.82, 2.24) is 4.90 Å². The van der Waals surface area contributed by atoms with Gasteiger partial charge in [-0.25, -0.2) is 0 Å². The first-order valence-electron chi connectivity index (χ1n) is 23.9. The largest absolute Gasteiger partial charge is 0.465 e. The lowest BCUT2D eigenvalue weighted by molar-refractivity contribution is -0.145. The maximum Gasteiger partial charge on any atom is 0.310 e. The number of nitrogens with zero attached hydrogens (tertiary/aromatic N) is 1. The molecule has 0 aromatic carbocycles. The predicted octanol–water partition coefficient (Wildman–Crippen LogP) is 14.2. The normalized spacial score (nSPS) is 12.4. The molecule has 6 nitrogen and oxygen atoms in total. The molecule has 0 radical (unpaired) electrons. The van der Waals surface area contributed by atoms with Crippen LogP contribution in [0.5, 0.6) is 0 Å². The highest BCUT2D eigenvalue weighted by molar-refractivity contribution is 5.70. The minimum Gasteiger partial charge on any atom is -0.465 e. The fraction of sp³-hybridized carbons (Fsp3) is 0.917. The van der Waals surface area contributed by atoms with Crippen molar-refractivity contribution in [1.29, 1.82) is 0 Å². The molecule has 0 aromatic rings. The molecular weight excluding hydrogens is 671 g/mol. The van der Waals surface area contributed by atoms with Crippen LogP contribution in [0.1, 0.15) is 246 Å². The minimum absolute atomic E-state index is 0.0219. The number of rotatable bonds is 43. The van der Waals surface area contributed by atoms with E-state index in [1.807, 2.05) is 0 Å². The van der Waals surface area contributed by atoms with E-state index in [0.717, 1.165) is 83.8 Å². The molecule has 1 N–H and O–H groups in total. The Hall–Kier alpha value is -1.40. The Labute approximate surface area is 336 Å². The summed E-state index contributed by atoms with van der Waals surface area (Å²) in [6, 6.07) is 0. The highest BCUT2D eigenvalue weighted by Gasteiger charge is 2.13. The van der Waals surface area contributed by atoms with Gasteiger partial charge in [0.15, 0.2) is 0 Å². The molecule has 0 spiro atoms. The first-order valence-corrected chi connectivity index (χ1v) is 23.9. The van der Waals surface area contributed by atoms with Gasteiger partial charge in [-0.3, -0.25) is 9.59 Å². The van der Waals surface area contributed by atoms with Gasteiger partial charge in [-0.05, 0) is 108 Å². The van der Waals surface area contributed by atoms with E-state index in [4.69, 9.17) is 9.47 Å². The van der Waals surface area contributed by atoms with Crippen molar-refractivity contribution >= 4 is 11.9 Å². The van der Waals surface area contributed by atoms with Crippen LogP contribution in [0.2, 0.25) is 0 Å². The van der Waals surface area contributed by atoms with Crippen molar-refractivity contribution in [2.45, 2.75) is 246 Å². The van der Waals surface area contributed by atoms with Gasteiger partial charge in [-0.2, -0.15) is 0 Å². The number of aliphatic hydroxyl groups is 1. The van der Waals surface area contributed by atoms with E-state index in [0.29, 0.717) is 25.4 Å². The lowest BCUT2D eigenvalue weighted by atomic mass is 9.95. The van der Waals surface area contributed by atoms with Crippen LogP contribution >= 0.6 is 0 Å². The maximum absolute atomic E-state index is 12.6. The summed E-state index contributed by atoms with van der Waals surface area (Å²) in [5.41, 5.74) is 1.31. The van der Waals surface area contributed by atoms with Crippen LogP contribution < -0.4 is 0 Å². The van der Waals surface area contributed by atoms with E-state index in [1.54, 1.807) is 6.26 Å². The molecule has 320 valence electrons. The van der Waals surface area contributed by atoms with Crippen molar-refractivity contribution in [3.8, 4) is 0 Å². The summed E-state index contributed by atoms with van der Waals surface area (Å²) < 4.78 is 11.5. The molecule has 0 amide bonds. The zero-order valence-electron chi connectivity index (χ0n) is 36.8. The smallest absolute Gasteiger partial charge is 0.310 e. The third kappa shape index (κ3) is 37.5. The number of hydrogen-bond acceptors (Lipinski definition) is 6. The summed E-state index contributed by atoms with van der Waals surface area (Å²) in [6.07, 6.45) is 40.7. The number of esters is 2. The summed E-state index contributed by atoms with van der Waals surface area (Å²) in [4.78, 5) is 27.7. The number of allylic oxidation sites excluding steroid dienone is 1. The Balaban J connectivity index is 4.46. The van der Waals surface area contributed by atoms with Crippen LogP contribution in [-0.4, -0.2) is 54.8 Å². The average molecular weight is 764 g/mol. The van der Waals surface area contributed by atoms with Crippen molar-refractivity contribution in [2.75, 3.05) is 32.8 Å². The predicted molar refractivity (Wildman–Crippen MR) is 232 cm³/mol. The average Bonchev–Trinajstić information content (AvgIpc) is 3.17. The standard InChI is InChI=1S/C48H93NO5/c1-5-9-13-17-19-25-35-45(33-23-15-11-7-3)43-53-47(51)37-27-21-29-39-49(41-31-32-42-50)40-30-22-28-38-48(52)54-44-46(34-24-16-12-8-4)36-26-20-18-14-10-6-2/h43,46,50H,5-42,44H2,1-4H3/b45-43+. The van der Waals surface area contributed by atoms with Gasteiger partial charge >= 0.3 is 11.9 Å². The molecule has 0 rings (SSSR count). The molecule has 0 fully saturated rings. The molecule has 0 aliphatic heterocycles. The van der Waals surface area contributed by atoms with Crippen molar-refractivity contribution < 1.29 is 24.2 Å². The van der Waals surface area contributed by atoms with Crippen molar-refractivity contribution in [3.05, 3.63) is 11.8 Å². The molecule has 0 bridgehead atoms.